The normalized spacial score (nSPS) is 23.2. The summed E-state index contributed by atoms with van der Waals surface area (Å²) in [6.45, 7) is 5.89. The summed E-state index contributed by atoms with van der Waals surface area (Å²) in [5, 5.41) is 11.5. The van der Waals surface area contributed by atoms with E-state index >= 15 is 4.39 Å². The molecule has 1 fully saturated rings. The predicted octanol–water partition coefficient (Wildman–Crippen LogP) is 5.86. The SMILES string of the molecule is CCN(CC)C1CC(CN2C(=O)C(O)(c3c(F)cccc3Cl)c3c2cc(-c2ncco2)cc3C(F)(F)F)C1. The highest BCUT2D eigenvalue weighted by Crippen LogP contribution is 2.53. The van der Waals surface area contributed by atoms with E-state index in [4.69, 9.17) is 16.0 Å². The third-order valence-corrected chi connectivity index (χ3v) is 7.93. The van der Waals surface area contributed by atoms with Crippen LogP contribution in [0.25, 0.3) is 11.5 Å². The third kappa shape index (κ3) is 4.19. The molecule has 0 bridgehead atoms. The number of alkyl halides is 3. The highest BCUT2D eigenvalue weighted by molar-refractivity contribution is 6.32. The molecule has 6 nitrogen and oxygen atoms in total. The Kier molecular flexibility index (Phi) is 6.77. The van der Waals surface area contributed by atoms with Crippen LogP contribution in [0.5, 0.6) is 0 Å². The van der Waals surface area contributed by atoms with Crippen LogP contribution < -0.4 is 4.90 Å². The monoisotopic (exact) mass is 551 g/mol. The number of halogens is 5. The quantitative estimate of drug-likeness (QED) is 0.373. The van der Waals surface area contributed by atoms with E-state index < -0.39 is 40.2 Å². The molecule has 1 N–H and O–H groups in total. The molecule has 2 aromatic carbocycles. The Bertz CT molecular complexity index is 1330. The van der Waals surface area contributed by atoms with E-state index in [0.717, 1.165) is 43.0 Å². The molecule has 0 saturated heterocycles. The number of benzene rings is 2. The average Bonchev–Trinajstić information content (AvgIpc) is 3.44. The highest BCUT2D eigenvalue weighted by atomic mass is 35.5. The van der Waals surface area contributed by atoms with Gasteiger partial charge in [0.15, 0.2) is 0 Å². The number of oxazole rings is 1. The van der Waals surface area contributed by atoms with Crippen molar-refractivity contribution in [2.75, 3.05) is 24.5 Å². The first-order chi connectivity index (χ1) is 18.0. The summed E-state index contributed by atoms with van der Waals surface area (Å²) in [6, 6.07) is 5.80. The van der Waals surface area contributed by atoms with Gasteiger partial charge in [-0.15, -0.1) is 0 Å². The van der Waals surface area contributed by atoms with E-state index in [1.54, 1.807) is 0 Å². The minimum absolute atomic E-state index is 0.0180. The number of hydrogen-bond donors (Lipinski definition) is 1. The van der Waals surface area contributed by atoms with Gasteiger partial charge in [0.2, 0.25) is 11.5 Å². The zero-order valence-corrected chi connectivity index (χ0v) is 21.5. The first-order valence-electron chi connectivity index (χ1n) is 12.4. The van der Waals surface area contributed by atoms with Crippen molar-refractivity contribution in [3.8, 4) is 11.5 Å². The van der Waals surface area contributed by atoms with Crippen LogP contribution in [-0.2, 0) is 16.6 Å². The van der Waals surface area contributed by atoms with E-state index in [2.05, 4.69) is 23.7 Å². The molecule has 38 heavy (non-hydrogen) atoms. The molecule has 1 amide bonds. The van der Waals surface area contributed by atoms with Crippen LogP contribution in [0.1, 0.15) is 43.4 Å². The third-order valence-electron chi connectivity index (χ3n) is 7.61. The van der Waals surface area contributed by atoms with Gasteiger partial charge in [0.1, 0.15) is 12.1 Å². The Labute approximate surface area is 221 Å². The summed E-state index contributed by atoms with van der Waals surface area (Å²) in [5.74, 6) is -2.27. The Morgan fingerprint density at radius 3 is 2.50 bits per heavy atom. The second-order valence-corrected chi connectivity index (χ2v) is 10.1. The van der Waals surface area contributed by atoms with Crippen LogP contribution in [0.4, 0.5) is 23.2 Å². The predicted molar refractivity (Wildman–Crippen MR) is 133 cm³/mol. The maximum Gasteiger partial charge on any atom is 0.416 e. The summed E-state index contributed by atoms with van der Waals surface area (Å²) in [7, 11) is 0. The minimum Gasteiger partial charge on any atom is -0.445 e. The van der Waals surface area contributed by atoms with Crippen molar-refractivity contribution >= 4 is 23.2 Å². The summed E-state index contributed by atoms with van der Waals surface area (Å²) < 4.78 is 63.9. The number of anilines is 1. The van der Waals surface area contributed by atoms with Gasteiger partial charge in [-0.05, 0) is 56.1 Å². The number of nitrogens with zero attached hydrogens (tertiary/aromatic N) is 3. The molecule has 2 heterocycles. The van der Waals surface area contributed by atoms with Crippen molar-refractivity contribution in [3.63, 3.8) is 0 Å². The standard InChI is InChI=1S/C27H26ClF4N3O3/c1-3-34(4-2)17-10-15(11-17)14-35-21-13-16(24-33-8-9-38-24)12-18(27(30,31)32)22(21)26(37,25(35)36)23-19(28)6-5-7-20(23)29/h5-9,12-13,15,17,37H,3-4,10-11,14H2,1-2H3. The maximum atomic E-state index is 15.1. The molecule has 1 unspecified atom stereocenters. The largest absolute Gasteiger partial charge is 0.445 e. The van der Waals surface area contributed by atoms with Crippen molar-refractivity contribution in [2.45, 2.75) is 44.5 Å². The summed E-state index contributed by atoms with van der Waals surface area (Å²) >= 11 is 6.21. The molecule has 2 aliphatic rings. The topological polar surface area (TPSA) is 69.8 Å². The molecule has 1 aromatic heterocycles. The Morgan fingerprint density at radius 1 is 1.21 bits per heavy atom. The fraction of sp³-hybridized carbons (Fsp3) is 0.407. The van der Waals surface area contributed by atoms with Crippen molar-refractivity contribution in [1.29, 1.82) is 0 Å². The molecule has 3 aromatic rings. The summed E-state index contributed by atoms with van der Waals surface area (Å²) in [6.07, 6.45) is -1.01. The number of fused-ring (bicyclic) bond motifs is 1. The van der Waals surface area contributed by atoms with Gasteiger partial charge in [-0.1, -0.05) is 31.5 Å². The van der Waals surface area contributed by atoms with Gasteiger partial charge in [0.25, 0.3) is 5.91 Å². The number of carbonyl (C=O) groups excluding carboxylic acids is 1. The molecule has 1 saturated carbocycles. The van der Waals surface area contributed by atoms with Gasteiger partial charge < -0.3 is 19.3 Å². The summed E-state index contributed by atoms with van der Waals surface area (Å²) in [4.78, 5) is 21.3. The van der Waals surface area contributed by atoms with E-state index in [9.17, 15) is 23.1 Å². The number of aliphatic hydroxyl groups is 1. The van der Waals surface area contributed by atoms with Crippen LogP contribution in [0.3, 0.4) is 0 Å². The van der Waals surface area contributed by atoms with E-state index in [1.807, 2.05) is 0 Å². The van der Waals surface area contributed by atoms with Gasteiger partial charge in [-0.3, -0.25) is 4.79 Å². The van der Waals surface area contributed by atoms with Crippen LogP contribution in [-0.4, -0.2) is 46.6 Å². The Morgan fingerprint density at radius 2 is 1.92 bits per heavy atom. The molecule has 0 radical (unpaired) electrons. The van der Waals surface area contributed by atoms with Crippen molar-refractivity contribution in [1.82, 2.24) is 9.88 Å². The molecule has 202 valence electrons. The second-order valence-electron chi connectivity index (χ2n) is 9.69. The lowest BCUT2D eigenvalue weighted by atomic mass is 9.78. The van der Waals surface area contributed by atoms with Crippen LogP contribution in [0.15, 0.2) is 47.2 Å². The lowest BCUT2D eigenvalue weighted by Gasteiger charge is -2.43. The molecule has 1 atom stereocenters. The van der Waals surface area contributed by atoms with Gasteiger partial charge in [0.05, 0.1) is 28.0 Å². The number of carbonyl (C=O) groups is 1. The second kappa shape index (κ2) is 9.66. The van der Waals surface area contributed by atoms with Gasteiger partial charge in [-0.2, -0.15) is 13.2 Å². The van der Waals surface area contributed by atoms with E-state index in [-0.39, 0.29) is 34.6 Å². The number of rotatable bonds is 7. The highest BCUT2D eigenvalue weighted by Gasteiger charge is 2.58. The fourth-order valence-corrected chi connectivity index (χ4v) is 6.05. The first kappa shape index (κ1) is 26.6. The molecule has 0 spiro atoms. The maximum absolute atomic E-state index is 15.1. The van der Waals surface area contributed by atoms with Crippen LogP contribution in [0, 0.1) is 11.7 Å². The average molecular weight is 552 g/mol. The molecule has 1 aliphatic carbocycles. The molecular formula is C27H26ClF4N3O3. The van der Waals surface area contributed by atoms with E-state index in [0.29, 0.717) is 6.04 Å². The van der Waals surface area contributed by atoms with Gasteiger partial charge in [0, 0.05) is 23.7 Å². The molecule has 5 rings (SSSR count). The van der Waals surface area contributed by atoms with Gasteiger partial charge in [-0.25, -0.2) is 9.37 Å². The Hall–Kier alpha value is -2.95. The summed E-state index contributed by atoms with van der Waals surface area (Å²) in [5.41, 5.74) is -5.95. The lowest BCUT2D eigenvalue weighted by molar-refractivity contribution is -0.142. The minimum atomic E-state index is -5.00. The number of aromatic nitrogens is 1. The molecule has 1 aliphatic heterocycles. The molecular weight excluding hydrogens is 526 g/mol. The Balaban J connectivity index is 1.68. The lowest BCUT2D eigenvalue weighted by Crippen LogP contribution is -2.50. The fourth-order valence-electron chi connectivity index (χ4n) is 5.75. The smallest absolute Gasteiger partial charge is 0.416 e. The van der Waals surface area contributed by atoms with Crippen LogP contribution >= 0.6 is 11.6 Å². The molecule has 11 heteroatoms. The zero-order valence-electron chi connectivity index (χ0n) is 20.7. The van der Waals surface area contributed by atoms with Gasteiger partial charge >= 0.3 is 6.18 Å². The zero-order chi connectivity index (χ0) is 27.4. The van der Waals surface area contributed by atoms with E-state index in [1.165, 1.54) is 30.7 Å². The first-order valence-corrected chi connectivity index (χ1v) is 12.8. The van der Waals surface area contributed by atoms with Crippen molar-refractivity contribution in [2.24, 2.45) is 5.92 Å². The number of amides is 1. The van der Waals surface area contributed by atoms with Crippen molar-refractivity contribution in [3.05, 3.63) is 70.3 Å². The van der Waals surface area contributed by atoms with Crippen LogP contribution in [0.2, 0.25) is 5.02 Å². The van der Waals surface area contributed by atoms with Crippen molar-refractivity contribution < 1.29 is 31.9 Å². The number of hydrogen-bond acceptors (Lipinski definition) is 5.